The zero-order valence-electron chi connectivity index (χ0n) is 15.5. The third kappa shape index (κ3) is 3.42. The van der Waals surface area contributed by atoms with Crippen molar-refractivity contribution in [2.24, 2.45) is 7.05 Å². The number of carbonyl (C=O) groups is 1. The predicted octanol–water partition coefficient (Wildman–Crippen LogP) is 5.10. The smallest absolute Gasteiger partial charge is 0.354 e. The predicted molar refractivity (Wildman–Crippen MR) is 105 cm³/mol. The number of para-hydroxylation sites is 1. The first kappa shape index (κ1) is 18.3. The molecule has 0 spiro atoms. The molecule has 0 bridgehead atoms. The molecule has 0 saturated carbocycles. The molecule has 0 aliphatic rings. The average molecular weight is 360 g/mol. The van der Waals surface area contributed by atoms with E-state index in [0.717, 1.165) is 22.4 Å². The van der Waals surface area contributed by atoms with Gasteiger partial charge in [0.25, 0.3) is 0 Å². The molecule has 1 heterocycles. The second-order valence-corrected chi connectivity index (χ2v) is 5.96. The number of carbonyl (C=O) groups excluding carboxylic acids is 1. The first-order valence-corrected chi connectivity index (χ1v) is 8.58. The maximum absolute atomic E-state index is 12.4. The van der Waals surface area contributed by atoms with Crippen LogP contribution in [0.25, 0.3) is 27.1 Å². The summed E-state index contributed by atoms with van der Waals surface area (Å²) in [4.78, 5) is 16.0. The van der Waals surface area contributed by atoms with Crippen LogP contribution >= 0.6 is 0 Å². The van der Waals surface area contributed by atoms with Gasteiger partial charge in [-0.05, 0) is 24.1 Å². The van der Waals surface area contributed by atoms with Crippen molar-refractivity contribution in [3.8, 4) is 28.0 Å². The van der Waals surface area contributed by atoms with Gasteiger partial charge in [0.15, 0.2) is 0 Å². The third-order valence-electron chi connectivity index (χ3n) is 4.34. The lowest BCUT2D eigenvalue weighted by Gasteiger charge is -2.11. The van der Waals surface area contributed by atoms with Gasteiger partial charge in [-0.25, -0.2) is 9.64 Å². The minimum Gasteiger partial charge on any atom is -0.496 e. The number of nitrogens with zero attached hydrogens (tertiary/aromatic N) is 2. The second kappa shape index (κ2) is 7.79. The molecule has 0 N–H and O–H groups in total. The van der Waals surface area contributed by atoms with Crippen molar-refractivity contribution in [1.29, 1.82) is 0 Å². The van der Waals surface area contributed by atoms with Crippen LogP contribution in [-0.4, -0.2) is 24.3 Å². The highest BCUT2D eigenvalue weighted by Crippen LogP contribution is 2.37. The van der Waals surface area contributed by atoms with Crippen molar-refractivity contribution in [2.45, 2.75) is 6.92 Å². The van der Waals surface area contributed by atoms with Crippen LogP contribution in [0.1, 0.15) is 17.4 Å². The lowest BCUT2D eigenvalue weighted by atomic mass is 9.99. The summed E-state index contributed by atoms with van der Waals surface area (Å²) >= 11 is 0. The highest BCUT2D eigenvalue weighted by Gasteiger charge is 2.22. The SMILES string of the molecule is [C-]#[N+]c1cn(C)c(C(=O)OCC)c1-c1ccc(-c2ccccc2OC)cc1. The number of aromatic nitrogens is 1. The molecule has 0 unspecified atom stereocenters. The first-order valence-electron chi connectivity index (χ1n) is 8.58. The Morgan fingerprint density at radius 3 is 2.41 bits per heavy atom. The minimum absolute atomic E-state index is 0.281. The van der Waals surface area contributed by atoms with Crippen molar-refractivity contribution >= 4 is 11.7 Å². The Hall–Kier alpha value is -3.52. The van der Waals surface area contributed by atoms with E-state index in [1.54, 1.807) is 31.8 Å². The Balaban J connectivity index is 2.08. The highest BCUT2D eigenvalue weighted by molar-refractivity contribution is 6.00. The van der Waals surface area contributed by atoms with Crippen LogP contribution in [0, 0.1) is 6.57 Å². The summed E-state index contributed by atoms with van der Waals surface area (Å²) < 4.78 is 12.2. The van der Waals surface area contributed by atoms with E-state index in [1.165, 1.54) is 0 Å². The van der Waals surface area contributed by atoms with Gasteiger partial charge >= 0.3 is 5.97 Å². The van der Waals surface area contributed by atoms with Crippen LogP contribution in [0.2, 0.25) is 0 Å². The molecule has 0 amide bonds. The summed E-state index contributed by atoms with van der Waals surface area (Å²) in [5.41, 5.74) is 4.17. The van der Waals surface area contributed by atoms with Crippen molar-refractivity contribution in [3.05, 3.63) is 71.8 Å². The molecule has 2 aromatic carbocycles. The van der Waals surface area contributed by atoms with Crippen LogP contribution in [0.4, 0.5) is 5.69 Å². The normalized spacial score (nSPS) is 10.3. The van der Waals surface area contributed by atoms with E-state index in [9.17, 15) is 4.79 Å². The number of hydrogen-bond donors (Lipinski definition) is 0. The molecule has 136 valence electrons. The molecular weight excluding hydrogens is 340 g/mol. The highest BCUT2D eigenvalue weighted by atomic mass is 16.5. The topological polar surface area (TPSA) is 44.8 Å². The largest absolute Gasteiger partial charge is 0.496 e. The lowest BCUT2D eigenvalue weighted by Crippen LogP contribution is -2.10. The fourth-order valence-electron chi connectivity index (χ4n) is 3.12. The number of hydrogen-bond acceptors (Lipinski definition) is 3. The summed E-state index contributed by atoms with van der Waals surface area (Å²) in [5, 5.41) is 0. The van der Waals surface area contributed by atoms with E-state index < -0.39 is 5.97 Å². The number of esters is 1. The zero-order valence-corrected chi connectivity index (χ0v) is 15.5. The van der Waals surface area contributed by atoms with E-state index in [1.807, 2.05) is 48.5 Å². The monoisotopic (exact) mass is 360 g/mol. The fourth-order valence-corrected chi connectivity index (χ4v) is 3.12. The molecule has 0 aliphatic heterocycles. The Kier molecular flexibility index (Phi) is 5.28. The quantitative estimate of drug-likeness (QED) is 0.470. The minimum atomic E-state index is -0.432. The zero-order chi connectivity index (χ0) is 19.4. The molecule has 5 nitrogen and oxygen atoms in total. The van der Waals surface area contributed by atoms with Crippen molar-refractivity contribution < 1.29 is 14.3 Å². The Bertz CT molecular complexity index is 1010. The molecular formula is C22H20N2O3. The van der Waals surface area contributed by atoms with E-state index in [0.29, 0.717) is 16.9 Å². The number of benzene rings is 2. The average Bonchev–Trinajstić information content (AvgIpc) is 3.04. The molecule has 0 fully saturated rings. The van der Waals surface area contributed by atoms with E-state index in [2.05, 4.69) is 4.85 Å². The van der Waals surface area contributed by atoms with E-state index in [4.69, 9.17) is 16.0 Å². The van der Waals surface area contributed by atoms with Gasteiger partial charge in [-0.1, -0.05) is 42.5 Å². The van der Waals surface area contributed by atoms with Gasteiger partial charge in [-0.15, -0.1) is 0 Å². The summed E-state index contributed by atoms with van der Waals surface area (Å²) in [7, 11) is 3.39. The molecule has 0 radical (unpaired) electrons. The van der Waals surface area contributed by atoms with Gasteiger partial charge in [-0.2, -0.15) is 0 Å². The van der Waals surface area contributed by atoms with Crippen LogP contribution in [-0.2, 0) is 11.8 Å². The van der Waals surface area contributed by atoms with Gasteiger partial charge in [-0.3, -0.25) is 0 Å². The summed E-state index contributed by atoms with van der Waals surface area (Å²) in [5.74, 6) is 0.359. The standard InChI is InChI=1S/C22H20N2O3/c1-5-27-22(25)21-20(18(23-2)14-24(21)3)16-12-10-15(11-13-16)17-8-6-7-9-19(17)26-4/h6-14H,5H2,1,3-4H3. The van der Waals surface area contributed by atoms with Crippen LogP contribution in [0.3, 0.4) is 0 Å². The third-order valence-corrected chi connectivity index (χ3v) is 4.34. The summed E-state index contributed by atoms with van der Waals surface area (Å²) in [6, 6.07) is 15.5. The maximum Gasteiger partial charge on any atom is 0.354 e. The van der Waals surface area contributed by atoms with E-state index >= 15 is 0 Å². The van der Waals surface area contributed by atoms with Crippen molar-refractivity contribution in [1.82, 2.24) is 4.57 Å². The number of aryl methyl sites for hydroxylation is 1. The van der Waals surface area contributed by atoms with Gasteiger partial charge in [0, 0.05) is 24.4 Å². The molecule has 3 rings (SSSR count). The molecule has 0 saturated heterocycles. The van der Waals surface area contributed by atoms with Gasteiger partial charge in [0.1, 0.15) is 11.4 Å². The second-order valence-electron chi connectivity index (χ2n) is 5.96. The van der Waals surface area contributed by atoms with Crippen molar-refractivity contribution in [3.63, 3.8) is 0 Å². The summed E-state index contributed by atoms with van der Waals surface area (Å²) in [6.07, 6.45) is 1.66. The number of methoxy groups -OCH3 is 1. The Labute approximate surface area is 158 Å². The molecule has 0 atom stereocenters. The molecule has 27 heavy (non-hydrogen) atoms. The first-order chi connectivity index (χ1) is 13.1. The van der Waals surface area contributed by atoms with E-state index in [-0.39, 0.29) is 6.61 Å². The number of rotatable bonds is 5. The molecule has 0 aliphatic carbocycles. The van der Waals surface area contributed by atoms with Gasteiger partial charge in [0.2, 0.25) is 5.69 Å². The number of ether oxygens (including phenoxy) is 2. The lowest BCUT2D eigenvalue weighted by molar-refractivity contribution is 0.0516. The fraction of sp³-hybridized carbons (Fsp3) is 0.182. The van der Waals surface area contributed by atoms with Crippen molar-refractivity contribution in [2.75, 3.05) is 13.7 Å². The molecule has 1 aromatic heterocycles. The van der Waals surface area contributed by atoms with Crippen LogP contribution in [0.5, 0.6) is 5.75 Å². The molecule has 5 heteroatoms. The van der Waals surface area contributed by atoms with Crippen LogP contribution in [0.15, 0.2) is 54.7 Å². The van der Waals surface area contributed by atoms with Crippen LogP contribution < -0.4 is 4.74 Å². The molecule has 3 aromatic rings. The Morgan fingerprint density at radius 2 is 1.78 bits per heavy atom. The summed E-state index contributed by atoms with van der Waals surface area (Å²) in [6.45, 7) is 9.50. The Morgan fingerprint density at radius 1 is 1.11 bits per heavy atom. The van der Waals surface area contributed by atoms with Gasteiger partial charge < -0.3 is 14.0 Å². The maximum atomic E-state index is 12.4. The van der Waals surface area contributed by atoms with Gasteiger partial charge in [0.05, 0.1) is 20.3 Å².